The number of hydrogen-bond donors (Lipinski definition) is 0. The quantitative estimate of drug-likeness (QED) is 0.712. The topological polar surface area (TPSA) is 20.3 Å². The lowest BCUT2D eigenvalue weighted by atomic mass is 9.87. The third kappa shape index (κ3) is 2.25. The molecule has 2 rings (SSSR count). The van der Waals surface area contributed by atoms with Crippen molar-refractivity contribution in [3.63, 3.8) is 0 Å². The van der Waals surface area contributed by atoms with E-state index in [1.807, 2.05) is 0 Å². The molecular formula is C13H23NO. The van der Waals surface area contributed by atoms with E-state index in [0.29, 0.717) is 23.3 Å². The van der Waals surface area contributed by atoms with E-state index in [0.717, 1.165) is 12.8 Å². The first-order valence-corrected chi connectivity index (χ1v) is 6.29. The molecule has 2 heterocycles. The van der Waals surface area contributed by atoms with E-state index in [1.54, 1.807) is 0 Å². The van der Waals surface area contributed by atoms with E-state index < -0.39 is 0 Å². The van der Waals surface area contributed by atoms with Crippen molar-refractivity contribution >= 4 is 5.78 Å². The molecule has 0 radical (unpaired) electrons. The molecule has 0 aliphatic carbocycles. The Morgan fingerprint density at radius 3 is 2.27 bits per heavy atom. The van der Waals surface area contributed by atoms with E-state index in [2.05, 4.69) is 25.7 Å². The third-order valence-corrected chi connectivity index (χ3v) is 4.27. The van der Waals surface area contributed by atoms with Crippen LogP contribution in [-0.4, -0.2) is 29.3 Å². The summed E-state index contributed by atoms with van der Waals surface area (Å²) >= 11 is 0. The number of rotatable bonds is 3. The SMILES string of the molecule is CCC(C)(C)CN1C2CCC1CC(=O)C2. The van der Waals surface area contributed by atoms with Gasteiger partial charge in [-0.2, -0.15) is 0 Å². The summed E-state index contributed by atoms with van der Waals surface area (Å²) in [6.07, 6.45) is 5.34. The Labute approximate surface area is 93.0 Å². The molecule has 0 aromatic heterocycles. The summed E-state index contributed by atoms with van der Waals surface area (Å²) in [5, 5.41) is 0. The van der Waals surface area contributed by atoms with Crippen LogP contribution >= 0.6 is 0 Å². The normalized spacial score (nSPS) is 32.3. The highest BCUT2D eigenvalue weighted by Gasteiger charge is 2.41. The largest absolute Gasteiger partial charge is 0.300 e. The maximum absolute atomic E-state index is 11.5. The van der Waals surface area contributed by atoms with Crippen molar-refractivity contribution in [1.29, 1.82) is 0 Å². The Hall–Kier alpha value is -0.370. The molecule has 15 heavy (non-hydrogen) atoms. The summed E-state index contributed by atoms with van der Waals surface area (Å²) in [6, 6.07) is 1.14. The minimum absolute atomic E-state index is 0.404. The van der Waals surface area contributed by atoms with Crippen molar-refractivity contribution in [1.82, 2.24) is 4.90 Å². The van der Waals surface area contributed by atoms with Crippen LogP contribution in [0.25, 0.3) is 0 Å². The van der Waals surface area contributed by atoms with Crippen molar-refractivity contribution in [3.8, 4) is 0 Å². The molecule has 2 fully saturated rings. The van der Waals surface area contributed by atoms with Gasteiger partial charge in [-0.1, -0.05) is 20.8 Å². The fraction of sp³-hybridized carbons (Fsp3) is 0.923. The lowest BCUT2D eigenvalue weighted by molar-refractivity contribution is -0.124. The zero-order chi connectivity index (χ0) is 11.1. The zero-order valence-electron chi connectivity index (χ0n) is 10.3. The number of carbonyl (C=O) groups is 1. The summed E-state index contributed by atoms with van der Waals surface area (Å²) in [6.45, 7) is 8.11. The van der Waals surface area contributed by atoms with Crippen LogP contribution in [0.3, 0.4) is 0 Å². The minimum atomic E-state index is 0.404. The number of nitrogens with zero attached hydrogens (tertiary/aromatic N) is 1. The molecule has 2 aliphatic rings. The number of fused-ring (bicyclic) bond motifs is 2. The van der Waals surface area contributed by atoms with E-state index in [1.165, 1.54) is 25.8 Å². The predicted molar refractivity (Wildman–Crippen MR) is 61.8 cm³/mol. The summed E-state index contributed by atoms with van der Waals surface area (Å²) in [5.41, 5.74) is 0.404. The summed E-state index contributed by atoms with van der Waals surface area (Å²) < 4.78 is 0. The number of Topliss-reactive ketones (excluding diaryl/α,β-unsaturated/α-hetero) is 1. The molecule has 86 valence electrons. The molecule has 0 amide bonds. The molecule has 2 unspecified atom stereocenters. The maximum atomic E-state index is 11.5. The average molecular weight is 209 g/mol. The second kappa shape index (κ2) is 3.89. The highest BCUT2D eigenvalue weighted by Crippen LogP contribution is 2.36. The van der Waals surface area contributed by atoms with Gasteiger partial charge < -0.3 is 0 Å². The molecule has 0 saturated carbocycles. The van der Waals surface area contributed by atoms with Crippen molar-refractivity contribution in [3.05, 3.63) is 0 Å². The summed E-state index contributed by atoms with van der Waals surface area (Å²) in [4.78, 5) is 14.1. The molecule has 2 aliphatic heterocycles. The monoisotopic (exact) mass is 209 g/mol. The highest BCUT2D eigenvalue weighted by molar-refractivity contribution is 5.80. The second-order valence-electron chi connectivity index (χ2n) is 6.02. The molecule has 0 N–H and O–H groups in total. The fourth-order valence-corrected chi connectivity index (χ4v) is 2.93. The van der Waals surface area contributed by atoms with Gasteiger partial charge in [-0.25, -0.2) is 0 Å². The van der Waals surface area contributed by atoms with Crippen LogP contribution in [0.15, 0.2) is 0 Å². The Morgan fingerprint density at radius 2 is 1.80 bits per heavy atom. The maximum Gasteiger partial charge on any atom is 0.136 e. The van der Waals surface area contributed by atoms with Gasteiger partial charge in [0.05, 0.1) is 0 Å². The molecule has 2 bridgehead atoms. The van der Waals surface area contributed by atoms with Crippen LogP contribution in [0.2, 0.25) is 0 Å². The van der Waals surface area contributed by atoms with Gasteiger partial charge in [0.25, 0.3) is 0 Å². The molecule has 2 nitrogen and oxygen atoms in total. The summed E-state index contributed by atoms with van der Waals surface area (Å²) in [7, 11) is 0. The average Bonchev–Trinajstić information content (AvgIpc) is 2.42. The Bertz CT molecular complexity index is 243. The van der Waals surface area contributed by atoms with Gasteiger partial charge in [-0.05, 0) is 24.7 Å². The molecule has 0 aromatic rings. The van der Waals surface area contributed by atoms with Gasteiger partial charge in [-0.3, -0.25) is 9.69 Å². The zero-order valence-corrected chi connectivity index (χ0v) is 10.3. The first-order chi connectivity index (χ1) is 7.02. The molecular weight excluding hydrogens is 186 g/mol. The Morgan fingerprint density at radius 1 is 1.27 bits per heavy atom. The molecule has 0 aromatic carbocycles. The van der Waals surface area contributed by atoms with Gasteiger partial charge >= 0.3 is 0 Å². The van der Waals surface area contributed by atoms with Crippen LogP contribution in [0.4, 0.5) is 0 Å². The minimum Gasteiger partial charge on any atom is -0.300 e. The van der Waals surface area contributed by atoms with Crippen LogP contribution in [0, 0.1) is 5.41 Å². The van der Waals surface area contributed by atoms with Crippen molar-refractivity contribution in [2.75, 3.05) is 6.54 Å². The van der Waals surface area contributed by atoms with Crippen molar-refractivity contribution in [2.45, 2.75) is 65.0 Å². The van der Waals surface area contributed by atoms with Crippen LogP contribution < -0.4 is 0 Å². The van der Waals surface area contributed by atoms with Crippen LogP contribution in [-0.2, 0) is 4.79 Å². The van der Waals surface area contributed by atoms with Gasteiger partial charge in [0.2, 0.25) is 0 Å². The van der Waals surface area contributed by atoms with Gasteiger partial charge in [0.1, 0.15) is 5.78 Å². The van der Waals surface area contributed by atoms with E-state index >= 15 is 0 Å². The van der Waals surface area contributed by atoms with Crippen LogP contribution in [0.1, 0.15) is 52.9 Å². The fourth-order valence-electron chi connectivity index (χ4n) is 2.93. The lowest BCUT2D eigenvalue weighted by Crippen LogP contribution is -2.47. The molecule has 2 saturated heterocycles. The van der Waals surface area contributed by atoms with Gasteiger partial charge in [-0.15, -0.1) is 0 Å². The smallest absolute Gasteiger partial charge is 0.136 e. The third-order valence-electron chi connectivity index (χ3n) is 4.27. The number of ketones is 1. The first-order valence-electron chi connectivity index (χ1n) is 6.29. The summed E-state index contributed by atoms with van der Waals surface area (Å²) in [5.74, 6) is 0.494. The van der Waals surface area contributed by atoms with Crippen molar-refractivity contribution in [2.24, 2.45) is 5.41 Å². The second-order valence-corrected chi connectivity index (χ2v) is 6.02. The number of carbonyl (C=O) groups excluding carboxylic acids is 1. The number of piperidine rings is 1. The lowest BCUT2D eigenvalue weighted by Gasteiger charge is -2.39. The van der Waals surface area contributed by atoms with E-state index in [-0.39, 0.29) is 0 Å². The highest BCUT2D eigenvalue weighted by atomic mass is 16.1. The van der Waals surface area contributed by atoms with Crippen molar-refractivity contribution < 1.29 is 4.79 Å². The van der Waals surface area contributed by atoms with E-state index in [4.69, 9.17) is 0 Å². The number of hydrogen-bond acceptors (Lipinski definition) is 2. The van der Waals surface area contributed by atoms with Gasteiger partial charge in [0, 0.05) is 31.5 Å². The Kier molecular flexibility index (Phi) is 2.89. The first kappa shape index (κ1) is 11.1. The van der Waals surface area contributed by atoms with Crippen LogP contribution in [0.5, 0.6) is 0 Å². The predicted octanol–water partition coefficient (Wildman–Crippen LogP) is 2.62. The molecule has 2 atom stereocenters. The van der Waals surface area contributed by atoms with Gasteiger partial charge in [0.15, 0.2) is 0 Å². The molecule has 2 heteroatoms. The molecule has 0 spiro atoms. The Balaban J connectivity index is 2.02. The van der Waals surface area contributed by atoms with E-state index in [9.17, 15) is 4.79 Å². The standard InChI is InChI=1S/C13H23NO/c1-4-13(2,3)9-14-10-5-6-11(14)8-12(15)7-10/h10-11H,4-9H2,1-3H3.